The predicted octanol–water partition coefficient (Wildman–Crippen LogP) is -0.953. The van der Waals surface area contributed by atoms with Crippen LogP contribution in [0.15, 0.2) is 0 Å². The number of hydrogen-bond donors (Lipinski definition) is 1. The van der Waals surface area contributed by atoms with Crippen LogP contribution in [0.2, 0.25) is 0 Å². The molecule has 3 nitrogen and oxygen atoms in total. The first-order valence-electron chi connectivity index (χ1n) is 0.565. The average Bonchev–Trinajstić information content (AvgIpc) is 0.811. The molecule has 0 saturated carbocycles. The Kier molecular flexibility index (Phi) is 7.77. The van der Waals surface area contributed by atoms with Crippen molar-refractivity contribution in [3.8, 4) is 0 Å². The molecule has 0 aromatic heterocycles. The number of hydrogen-bond acceptors (Lipinski definition) is 2. The van der Waals surface area contributed by atoms with Crippen LogP contribution in [0, 0.1) is 0 Å². The van der Waals surface area contributed by atoms with Crippen molar-refractivity contribution < 1.29 is 29.6 Å². The molecule has 0 rings (SSSR count). The fourth-order valence-electron chi connectivity index (χ4n) is 0. The Morgan fingerprint density at radius 2 is 1.60 bits per heavy atom. The third-order valence-electron chi connectivity index (χ3n) is 0. The molecular formula is H3BeO3V. The fourth-order valence-corrected chi connectivity index (χ4v) is 0. The summed E-state index contributed by atoms with van der Waals surface area (Å²) in [7, 11) is 0. The molecule has 0 aliphatic heterocycles. The molecule has 0 heterocycles. The Bertz CT molecular complexity index is 61.3. The molecule has 0 saturated heterocycles. The van der Waals surface area contributed by atoms with Crippen LogP contribution in [-0.4, -0.2) is 14.2 Å². The maximum absolute atomic E-state index is 8.67. The zero-order valence-corrected chi connectivity index (χ0v) is 3.81. The van der Waals surface area contributed by atoms with Gasteiger partial charge in [-0.3, -0.25) is 0 Å². The van der Waals surface area contributed by atoms with E-state index in [9.17, 15) is 0 Å². The monoisotopic (exact) mass is 111 g/mol. The minimum absolute atomic E-state index is 0. The normalized spacial score (nSPS) is 5.00. The van der Waals surface area contributed by atoms with E-state index >= 15 is 0 Å². The van der Waals surface area contributed by atoms with Gasteiger partial charge in [0.05, 0.1) is 0 Å². The molecule has 1 N–H and O–H groups in total. The van der Waals surface area contributed by atoms with Gasteiger partial charge in [0.15, 0.2) is 0 Å². The Morgan fingerprint density at radius 1 is 1.60 bits per heavy atom. The molecule has 5 heteroatoms. The first-order chi connectivity index (χ1) is 1.73. The summed E-state index contributed by atoms with van der Waals surface area (Å²) in [6.07, 6.45) is 0. The molecule has 0 bridgehead atoms. The Labute approximate surface area is 40.5 Å². The van der Waals surface area contributed by atoms with Crippen LogP contribution >= 0.6 is 0 Å². The zero-order chi connectivity index (χ0) is 3.58. The summed E-state index contributed by atoms with van der Waals surface area (Å²) in [5.74, 6) is 0. The van der Waals surface area contributed by atoms with Gasteiger partial charge in [-0.15, -0.1) is 0 Å². The first kappa shape index (κ1) is 9.00. The van der Waals surface area contributed by atoms with E-state index in [2.05, 4.69) is 0 Å². The quantitative estimate of drug-likeness (QED) is 0.410. The predicted molar refractivity (Wildman–Crippen MR) is 11.6 cm³/mol. The summed E-state index contributed by atoms with van der Waals surface area (Å²) in [5.41, 5.74) is 0. The summed E-state index contributed by atoms with van der Waals surface area (Å²) < 4.78 is 24.4. The van der Waals surface area contributed by atoms with Gasteiger partial charge in [-0.1, -0.05) is 0 Å². The molecule has 0 spiro atoms. The molecule has 0 unspecified atom stereocenters. The van der Waals surface area contributed by atoms with Gasteiger partial charge in [0.1, 0.15) is 0 Å². The Balaban J connectivity index is -0.0000000150. The second kappa shape index (κ2) is 4.31. The molecule has 0 aromatic carbocycles. The zero-order valence-electron chi connectivity index (χ0n) is 4.42. The Morgan fingerprint density at radius 3 is 1.60 bits per heavy atom. The molecule has 28 valence electrons. The minimum atomic E-state index is -3.69. The van der Waals surface area contributed by atoms with Crippen LogP contribution in [0.5, 0.6) is 0 Å². The van der Waals surface area contributed by atoms with Gasteiger partial charge in [0.25, 0.3) is 0 Å². The van der Waals surface area contributed by atoms with Crippen LogP contribution in [0.4, 0.5) is 0 Å². The van der Waals surface area contributed by atoms with Crippen molar-refractivity contribution in [2.45, 2.75) is 0 Å². The van der Waals surface area contributed by atoms with Crippen molar-refractivity contribution in [1.82, 2.24) is 0 Å². The van der Waals surface area contributed by atoms with Gasteiger partial charge in [-0.2, -0.15) is 0 Å². The summed E-state index contributed by atoms with van der Waals surface area (Å²) >= 11 is -3.69. The van der Waals surface area contributed by atoms with Crippen molar-refractivity contribution in [3.05, 3.63) is 0 Å². The Hall–Kier alpha value is 0.313. The van der Waals surface area contributed by atoms with E-state index in [0.717, 1.165) is 0 Å². The van der Waals surface area contributed by atoms with Gasteiger partial charge in [0.2, 0.25) is 0 Å². The van der Waals surface area contributed by atoms with Crippen molar-refractivity contribution >= 4 is 10.1 Å². The van der Waals surface area contributed by atoms with Crippen molar-refractivity contribution in [3.63, 3.8) is 0 Å². The van der Waals surface area contributed by atoms with E-state index in [0.29, 0.717) is 0 Å². The molecular weight excluding hydrogens is 108 g/mol. The van der Waals surface area contributed by atoms with Gasteiger partial charge in [0, 0.05) is 0 Å². The van der Waals surface area contributed by atoms with Gasteiger partial charge >= 0.3 is 36.9 Å². The van der Waals surface area contributed by atoms with Crippen LogP contribution in [-0.2, 0) is 22.7 Å². The average molecular weight is 111 g/mol. The maximum atomic E-state index is 8.67. The van der Waals surface area contributed by atoms with E-state index in [4.69, 9.17) is 11.4 Å². The first-order valence-corrected chi connectivity index (χ1v) is 2.33. The fraction of sp³-hybridized carbons (Fsp3) is 0. The van der Waals surface area contributed by atoms with Crippen LogP contribution in [0.25, 0.3) is 0 Å². The van der Waals surface area contributed by atoms with Crippen LogP contribution < -0.4 is 0 Å². The summed E-state index contributed by atoms with van der Waals surface area (Å²) in [4.78, 5) is 0. The molecule has 0 aliphatic carbocycles. The van der Waals surface area contributed by atoms with Crippen molar-refractivity contribution in [2.75, 3.05) is 0 Å². The molecule has 0 aliphatic rings. The van der Waals surface area contributed by atoms with E-state index in [1.54, 1.807) is 0 Å². The van der Waals surface area contributed by atoms with Gasteiger partial charge in [-0.25, -0.2) is 0 Å². The van der Waals surface area contributed by atoms with Gasteiger partial charge in [-0.05, 0) is 0 Å². The topological polar surface area (TPSA) is 54.4 Å². The van der Waals surface area contributed by atoms with E-state index < -0.39 is 15.4 Å². The third-order valence-corrected chi connectivity index (χ3v) is 0. The van der Waals surface area contributed by atoms with Gasteiger partial charge < -0.3 is 2.85 Å². The second-order valence-corrected chi connectivity index (χ2v) is 0.981. The molecule has 5 heavy (non-hydrogen) atoms. The number of rotatable bonds is 0. The molecule has 0 atom stereocenters. The summed E-state index contributed by atoms with van der Waals surface area (Å²) in [5, 5.41) is 0. The molecule has 0 radical (unpaired) electrons. The SMILES string of the molecule is [Be+2].[H-].[H-].[O]=[V](=[O])[OH]. The van der Waals surface area contributed by atoms with E-state index in [1.165, 1.54) is 0 Å². The van der Waals surface area contributed by atoms with Crippen LogP contribution in [0.3, 0.4) is 0 Å². The van der Waals surface area contributed by atoms with Crippen molar-refractivity contribution in [2.24, 2.45) is 0 Å². The second-order valence-electron chi connectivity index (χ2n) is 0.238. The molecule has 0 aromatic rings. The van der Waals surface area contributed by atoms with E-state index in [-0.39, 0.29) is 13.0 Å². The summed E-state index contributed by atoms with van der Waals surface area (Å²) in [6, 6.07) is 0. The molecule has 0 fully saturated rings. The summed E-state index contributed by atoms with van der Waals surface area (Å²) in [6.45, 7) is 0. The standard InChI is InChI=1S/Be.H2O.2O.V.2H/h;1H2;;;;;/q+2;;;;+1;2*-1/p-1. The van der Waals surface area contributed by atoms with Crippen LogP contribution in [0.1, 0.15) is 2.85 Å². The molecule has 0 amide bonds. The third kappa shape index (κ3) is 235. The van der Waals surface area contributed by atoms with Crippen molar-refractivity contribution in [1.29, 1.82) is 0 Å². The van der Waals surface area contributed by atoms with E-state index in [1.807, 2.05) is 0 Å².